The van der Waals surface area contributed by atoms with Crippen LogP contribution < -0.4 is 5.73 Å². The van der Waals surface area contributed by atoms with Gasteiger partial charge in [-0.05, 0) is 43.9 Å². The monoisotopic (exact) mass is 253 g/mol. The number of ether oxygens (including phenoxy) is 2. The van der Waals surface area contributed by atoms with Crippen LogP contribution in [0, 0.1) is 17.8 Å². The van der Waals surface area contributed by atoms with Crippen molar-refractivity contribution in [1.82, 2.24) is 0 Å². The maximum atomic E-state index is 12.2. The highest BCUT2D eigenvalue weighted by Crippen LogP contribution is 2.59. The SMILES string of the molecule is C[C@]1(C(=O)[C@H](C[C@H]2[C@@H]3CCC[C@@H]32)OC(N)=O)CO1. The van der Waals surface area contributed by atoms with Gasteiger partial charge in [0.25, 0.3) is 0 Å². The summed E-state index contributed by atoms with van der Waals surface area (Å²) in [4.78, 5) is 23.1. The van der Waals surface area contributed by atoms with E-state index in [-0.39, 0.29) is 5.78 Å². The number of carbonyl (C=O) groups excluding carboxylic acids is 2. The van der Waals surface area contributed by atoms with Gasteiger partial charge >= 0.3 is 6.09 Å². The van der Waals surface area contributed by atoms with Gasteiger partial charge in [-0.25, -0.2) is 4.79 Å². The molecule has 3 rings (SSSR count). The van der Waals surface area contributed by atoms with Crippen molar-refractivity contribution in [1.29, 1.82) is 0 Å². The smallest absolute Gasteiger partial charge is 0.405 e. The second kappa shape index (κ2) is 3.95. The molecule has 0 aromatic rings. The number of carbonyl (C=O) groups is 2. The summed E-state index contributed by atoms with van der Waals surface area (Å²) in [5.41, 5.74) is 4.31. The van der Waals surface area contributed by atoms with Gasteiger partial charge in [-0.15, -0.1) is 0 Å². The highest BCUT2D eigenvalue weighted by atomic mass is 16.6. The van der Waals surface area contributed by atoms with Crippen molar-refractivity contribution in [3.05, 3.63) is 0 Å². The largest absolute Gasteiger partial charge is 0.438 e. The van der Waals surface area contributed by atoms with E-state index in [0.29, 0.717) is 18.9 Å². The predicted molar refractivity (Wildman–Crippen MR) is 62.8 cm³/mol. The van der Waals surface area contributed by atoms with Crippen LogP contribution >= 0.6 is 0 Å². The fourth-order valence-electron chi connectivity index (χ4n) is 3.51. The van der Waals surface area contributed by atoms with E-state index in [1.54, 1.807) is 6.92 Å². The Morgan fingerprint density at radius 3 is 2.56 bits per heavy atom. The van der Waals surface area contributed by atoms with Crippen molar-refractivity contribution >= 4 is 11.9 Å². The van der Waals surface area contributed by atoms with Crippen molar-refractivity contribution in [2.45, 2.75) is 44.3 Å². The van der Waals surface area contributed by atoms with Crippen LogP contribution in [-0.2, 0) is 14.3 Å². The molecular weight excluding hydrogens is 234 g/mol. The number of ketones is 1. The molecule has 0 radical (unpaired) electrons. The molecule has 0 unspecified atom stereocenters. The molecule has 2 saturated carbocycles. The van der Waals surface area contributed by atoms with E-state index in [9.17, 15) is 9.59 Å². The molecule has 0 bridgehead atoms. The Morgan fingerprint density at radius 1 is 1.44 bits per heavy atom. The third-order valence-electron chi connectivity index (χ3n) is 4.72. The molecule has 0 aromatic carbocycles. The molecular formula is C13H19NO4. The zero-order valence-electron chi connectivity index (χ0n) is 10.6. The highest BCUT2D eigenvalue weighted by Gasteiger charge is 2.57. The third kappa shape index (κ3) is 2.00. The molecule has 3 fully saturated rings. The van der Waals surface area contributed by atoms with Gasteiger partial charge in [0.1, 0.15) is 0 Å². The number of hydrogen-bond acceptors (Lipinski definition) is 4. The van der Waals surface area contributed by atoms with Gasteiger partial charge in [-0.2, -0.15) is 0 Å². The first-order chi connectivity index (χ1) is 8.51. The van der Waals surface area contributed by atoms with Gasteiger partial charge in [-0.3, -0.25) is 4.79 Å². The topological polar surface area (TPSA) is 81.9 Å². The average Bonchev–Trinajstić information content (AvgIpc) is 3.14. The van der Waals surface area contributed by atoms with Crippen molar-refractivity contribution < 1.29 is 19.1 Å². The highest BCUT2D eigenvalue weighted by molar-refractivity contribution is 5.94. The second-order valence-corrected chi connectivity index (χ2v) is 5.97. The third-order valence-corrected chi connectivity index (χ3v) is 4.72. The van der Waals surface area contributed by atoms with Gasteiger partial charge in [0.05, 0.1) is 6.61 Å². The van der Waals surface area contributed by atoms with E-state index in [4.69, 9.17) is 15.2 Å². The second-order valence-electron chi connectivity index (χ2n) is 5.97. The zero-order valence-corrected chi connectivity index (χ0v) is 10.6. The van der Waals surface area contributed by atoms with Crippen molar-refractivity contribution in [2.24, 2.45) is 23.5 Å². The Balaban J connectivity index is 1.62. The molecule has 5 nitrogen and oxygen atoms in total. The zero-order chi connectivity index (χ0) is 12.9. The minimum absolute atomic E-state index is 0.133. The molecule has 5 atom stereocenters. The van der Waals surface area contributed by atoms with Gasteiger partial charge in [0.2, 0.25) is 5.78 Å². The first-order valence-corrected chi connectivity index (χ1v) is 6.65. The summed E-state index contributed by atoms with van der Waals surface area (Å²) >= 11 is 0. The standard InChI is InChI=1S/C13H19NO4/c1-13(6-17-13)11(15)10(18-12(14)16)5-9-7-3-2-4-8(7)9/h7-10H,2-6H2,1H3,(H2,14,16)/t7-,8+,9+,10-,13+/m0/s1. The number of nitrogens with two attached hydrogens (primary N) is 1. The van der Waals surface area contributed by atoms with Crippen molar-refractivity contribution in [2.75, 3.05) is 6.61 Å². The van der Waals surface area contributed by atoms with Crippen LogP contribution in [0.2, 0.25) is 0 Å². The summed E-state index contributed by atoms with van der Waals surface area (Å²) in [7, 11) is 0. The summed E-state index contributed by atoms with van der Waals surface area (Å²) in [6.07, 6.45) is 2.83. The van der Waals surface area contributed by atoms with Crippen LogP contribution in [0.3, 0.4) is 0 Å². The fraction of sp³-hybridized carbons (Fsp3) is 0.846. The Morgan fingerprint density at radius 2 is 2.06 bits per heavy atom. The van der Waals surface area contributed by atoms with Crippen LogP contribution in [0.1, 0.15) is 32.6 Å². The predicted octanol–water partition coefficient (Wildman–Crippen LogP) is 1.24. The molecule has 1 amide bonds. The number of Topliss-reactive ketones (excluding diaryl/α,β-unsaturated/α-hetero) is 1. The molecule has 5 heteroatoms. The number of rotatable bonds is 5. The quantitative estimate of drug-likeness (QED) is 0.747. The molecule has 1 heterocycles. The minimum Gasteiger partial charge on any atom is -0.438 e. The van der Waals surface area contributed by atoms with Crippen LogP contribution in [0.4, 0.5) is 4.79 Å². The molecule has 100 valence electrons. The van der Waals surface area contributed by atoms with Gasteiger partial charge in [0.15, 0.2) is 11.7 Å². The lowest BCUT2D eigenvalue weighted by molar-refractivity contribution is -0.132. The summed E-state index contributed by atoms with van der Waals surface area (Å²) in [6.45, 7) is 2.16. The number of epoxide rings is 1. The lowest BCUT2D eigenvalue weighted by atomic mass is 9.96. The molecule has 1 saturated heterocycles. The summed E-state index contributed by atoms with van der Waals surface area (Å²) in [5.74, 6) is 1.88. The lowest BCUT2D eigenvalue weighted by Gasteiger charge is -2.18. The fourth-order valence-corrected chi connectivity index (χ4v) is 3.51. The van der Waals surface area contributed by atoms with E-state index in [0.717, 1.165) is 11.8 Å². The maximum Gasteiger partial charge on any atom is 0.405 e. The summed E-state index contributed by atoms with van der Waals surface area (Å²) in [5, 5.41) is 0. The Kier molecular flexibility index (Phi) is 2.62. The van der Waals surface area contributed by atoms with Crippen LogP contribution in [0.25, 0.3) is 0 Å². The number of fused-ring (bicyclic) bond motifs is 1. The average molecular weight is 253 g/mol. The Hall–Kier alpha value is -1.10. The molecule has 3 aliphatic rings. The molecule has 0 aromatic heterocycles. The van der Waals surface area contributed by atoms with Crippen LogP contribution in [-0.4, -0.2) is 30.2 Å². The summed E-state index contributed by atoms with van der Waals surface area (Å²) in [6, 6.07) is 0. The Labute approximate surface area is 106 Å². The van der Waals surface area contributed by atoms with E-state index in [2.05, 4.69) is 0 Å². The number of hydrogen-bond donors (Lipinski definition) is 1. The van der Waals surface area contributed by atoms with E-state index >= 15 is 0 Å². The molecule has 2 N–H and O–H groups in total. The minimum atomic E-state index is -0.872. The number of amides is 1. The Bertz CT molecular complexity index is 380. The normalized spacial score (nSPS) is 41.9. The van der Waals surface area contributed by atoms with Crippen LogP contribution in [0.5, 0.6) is 0 Å². The molecule has 1 aliphatic heterocycles. The van der Waals surface area contributed by atoms with Gasteiger partial charge in [0, 0.05) is 0 Å². The van der Waals surface area contributed by atoms with Gasteiger partial charge in [-0.1, -0.05) is 6.42 Å². The summed E-state index contributed by atoms with van der Waals surface area (Å²) < 4.78 is 10.1. The first kappa shape index (κ1) is 12.0. The first-order valence-electron chi connectivity index (χ1n) is 6.65. The van der Waals surface area contributed by atoms with Crippen molar-refractivity contribution in [3.63, 3.8) is 0 Å². The van der Waals surface area contributed by atoms with E-state index in [1.165, 1.54) is 19.3 Å². The molecule has 2 aliphatic carbocycles. The van der Waals surface area contributed by atoms with E-state index < -0.39 is 17.8 Å². The van der Waals surface area contributed by atoms with Crippen LogP contribution in [0.15, 0.2) is 0 Å². The number of primary amides is 1. The molecule has 18 heavy (non-hydrogen) atoms. The molecule has 0 spiro atoms. The maximum absolute atomic E-state index is 12.2. The van der Waals surface area contributed by atoms with E-state index in [1.807, 2.05) is 0 Å². The lowest BCUT2D eigenvalue weighted by Crippen LogP contribution is -2.38. The van der Waals surface area contributed by atoms with Gasteiger partial charge < -0.3 is 15.2 Å². The van der Waals surface area contributed by atoms with Crippen molar-refractivity contribution in [3.8, 4) is 0 Å².